The quantitative estimate of drug-likeness (QED) is 0.756. The highest BCUT2D eigenvalue weighted by molar-refractivity contribution is 6.03. The van der Waals surface area contributed by atoms with Crippen LogP contribution in [0.25, 0.3) is 0 Å². The largest absolute Gasteiger partial charge is 0.467 e. The molecular formula is C17H16N4O2. The van der Waals surface area contributed by atoms with Crippen molar-refractivity contribution in [2.75, 3.05) is 10.6 Å². The van der Waals surface area contributed by atoms with Gasteiger partial charge in [0, 0.05) is 5.56 Å². The predicted molar refractivity (Wildman–Crippen MR) is 87.2 cm³/mol. The van der Waals surface area contributed by atoms with Crippen LogP contribution in [0.3, 0.4) is 0 Å². The van der Waals surface area contributed by atoms with Crippen LogP contribution in [0.15, 0.2) is 59.2 Å². The minimum atomic E-state index is -0.212. The van der Waals surface area contributed by atoms with Crippen molar-refractivity contribution < 1.29 is 9.21 Å². The van der Waals surface area contributed by atoms with Gasteiger partial charge in [-0.2, -0.15) is 0 Å². The second kappa shape index (κ2) is 6.74. The summed E-state index contributed by atoms with van der Waals surface area (Å²) in [5.41, 5.74) is 1.69. The molecule has 0 spiro atoms. The zero-order chi connectivity index (χ0) is 16.1. The molecule has 0 saturated carbocycles. The van der Waals surface area contributed by atoms with Crippen LogP contribution in [0.4, 0.5) is 11.6 Å². The first-order valence-electron chi connectivity index (χ1n) is 7.19. The average Bonchev–Trinajstić information content (AvgIpc) is 3.08. The van der Waals surface area contributed by atoms with E-state index in [1.807, 2.05) is 31.2 Å². The topological polar surface area (TPSA) is 80.0 Å². The lowest BCUT2D eigenvalue weighted by atomic mass is 10.1. The molecule has 116 valence electrons. The van der Waals surface area contributed by atoms with Gasteiger partial charge < -0.3 is 15.1 Å². The summed E-state index contributed by atoms with van der Waals surface area (Å²) in [5.74, 6) is 1.60. The van der Waals surface area contributed by atoms with Crippen LogP contribution in [0, 0.1) is 6.92 Å². The van der Waals surface area contributed by atoms with Gasteiger partial charge in [-0.3, -0.25) is 4.79 Å². The monoisotopic (exact) mass is 308 g/mol. The highest BCUT2D eigenvalue weighted by Gasteiger charge is 2.07. The van der Waals surface area contributed by atoms with E-state index in [0.717, 1.165) is 11.3 Å². The van der Waals surface area contributed by atoms with Crippen LogP contribution in [0.5, 0.6) is 0 Å². The van der Waals surface area contributed by atoms with E-state index < -0.39 is 0 Å². The third-order valence-electron chi connectivity index (χ3n) is 3.24. The molecule has 0 aliphatic carbocycles. The number of anilines is 2. The molecule has 3 aromatic rings. The lowest BCUT2D eigenvalue weighted by molar-refractivity contribution is 0.102. The maximum absolute atomic E-state index is 12.1. The summed E-state index contributed by atoms with van der Waals surface area (Å²) < 4.78 is 5.22. The molecule has 0 unspecified atom stereocenters. The van der Waals surface area contributed by atoms with E-state index >= 15 is 0 Å². The van der Waals surface area contributed by atoms with Gasteiger partial charge in [0.1, 0.15) is 11.6 Å². The zero-order valence-corrected chi connectivity index (χ0v) is 12.6. The Bertz CT molecular complexity index is 765. The van der Waals surface area contributed by atoms with Crippen LogP contribution in [0.2, 0.25) is 0 Å². The van der Waals surface area contributed by atoms with Crippen LogP contribution >= 0.6 is 0 Å². The summed E-state index contributed by atoms with van der Waals surface area (Å²) in [7, 11) is 0. The molecule has 3 rings (SSSR count). The number of carbonyl (C=O) groups excluding carboxylic acids is 1. The van der Waals surface area contributed by atoms with Crippen molar-refractivity contribution in [1.82, 2.24) is 10.2 Å². The van der Waals surface area contributed by atoms with E-state index in [1.165, 1.54) is 0 Å². The summed E-state index contributed by atoms with van der Waals surface area (Å²) in [6.45, 7) is 2.50. The van der Waals surface area contributed by atoms with E-state index in [9.17, 15) is 4.79 Å². The molecule has 2 heterocycles. The van der Waals surface area contributed by atoms with Crippen LogP contribution in [-0.2, 0) is 6.54 Å². The third-order valence-corrected chi connectivity index (χ3v) is 3.24. The Morgan fingerprint density at radius 1 is 1.04 bits per heavy atom. The van der Waals surface area contributed by atoms with Crippen molar-refractivity contribution in [1.29, 1.82) is 0 Å². The number of benzene rings is 1. The molecule has 0 atom stereocenters. The lowest BCUT2D eigenvalue weighted by Gasteiger charge is -2.06. The minimum absolute atomic E-state index is 0.212. The number of nitrogens with one attached hydrogen (secondary N) is 2. The molecule has 0 aliphatic heterocycles. The standard InChI is InChI=1S/C17H16N4O2/c1-12-4-6-13(7-5-12)17(22)19-16-9-8-15(20-21-16)18-11-14-3-2-10-23-14/h2-10H,11H2,1H3,(H,18,20)(H,19,21,22). The van der Waals surface area contributed by atoms with Crippen molar-refractivity contribution >= 4 is 17.5 Å². The number of carbonyl (C=O) groups is 1. The van der Waals surface area contributed by atoms with Crippen molar-refractivity contribution in [2.45, 2.75) is 13.5 Å². The van der Waals surface area contributed by atoms with Crippen molar-refractivity contribution in [3.05, 3.63) is 71.7 Å². The number of furan rings is 1. The molecule has 6 heteroatoms. The summed E-state index contributed by atoms with van der Waals surface area (Å²) in [6.07, 6.45) is 1.62. The molecular weight excluding hydrogens is 292 g/mol. The van der Waals surface area contributed by atoms with Gasteiger partial charge >= 0.3 is 0 Å². The Morgan fingerprint density at radius 3 is 2.43 bits per heavy atom. The zero-order valence-electron chi connectivity index (χ0n) is 12.6. The Labute approximate surface area is 133 Å². The van der Waals surface area contributed by atoms with Gasteiger partial charge in [-0.1, -0.05) is 17.7 Å². The van der Waals surface area contributed by atoms with Gasteiger partial charge in [0.2, 0.25) is 0 Å². The fraction of sp³-hybridized carbons (Fsp3) is 0.118. The first-order chi connectivity index (χ1) is 11.2. The summed E-state index contributed by atoms with van der Waals surface area (Å²) >= 11 is 0. The molecule has 6 nitrogen and oxygen atoms in total. The summed E-state index contributed by atoms with van der Waals surface area (Å²) in [4.78, 5) is 12.1. The first-order valence-corrected chi connectivity index (χ1v) is 7.19. The number of rotatable bonds is 5. The molecule has 1 amide bonds. The fourth-order valence-electron chi connectivity index (χ4n) is 1.98. The Balaban J connectivity index is 1.58. The lowest BCUT2D eigenvalue weighted by Crippen LogP contribution is -2.13. The van der Waals surface area contributed by atoms with E-state index in [2.05, 4.69) is 20.8 Å². The number of aryl methyl sites for hydroxylation is 1. The number of nitrogens with zero attached hydrogens (tertiary/aromatic N) is 2. The summed E-state index contributed by atoms with van der Waals surface area (Å²) in [5, 5.41) is 13.8. The second-order valence-corrected chi connectivity index (χ2v) is 5.06. The van der Waals surface area contributed by atoms with Crippen LogP contribution in [0.1, 0.15) is 21.7 Å². The molecule has 0 radical (unpaired) electrons. The van der Waals surface area contributed by atoms with Gasteiger partial charge in [-0.05, 0) is 43.3 Å². The van der Waals surface area contributed by atoms with E-state index in [4.69, 9.17) is 4.42 Å². The molecule has 0 bridgehead atoms. The van der Waals surface area contributed by atoms with Gasteiger partial charge in [-0.25, -0.2) is 0 Å². The number of hydrogen-bond acceptors (Lipinski definition) is 5. The molecule has 0 aliphatic rings. The molecule has 23 heavy (non-hydrogen) atoms. The molecule has 1 aromatic carbocycles. The number of amides is 1. The van der Waals surface area contributed by atoms with E-state index in [1.54, 1.807) is 30.5 Å². The maximum atomic E-state index is 12.1. The number of hydrogen-bond donors (Lipinski definition) is 2. The first kappa shape index (κ1) is 14.8. The molecule has 2 N–H and O–H groups in total. The maximum Gasteiger partial charge on any atom is 0.256 e. The van der Waals surface area contributed by atoms with E-state index in [-0.39, 0.29) is 5.91 Å². The predicted octanol–water partition coefficient (Wildman–Crippen LogP) is 3.24. The van der Waals surface area contributed by atoms with Gasteiger partial charge in [0.05, 0.1) is 12.8 Å². The minimum Gasteiger partial charge on any atom is -0.467 e. The smallest absolute Gasteiger partial charge is 0.256 e. The van der Waals surface area contributed by atoms with Crippen molar-refractivity contribution in [3.8, 4) is 0 Å². The van der Waals surface area contributed by atoms with E-state index in [0.29, 0.717) is 23.7 Å². The van der Waals surface area contributed by atoms with Gasteiger partial charge in [0.15, 0.2) is 5.82 Å². The summed E-state index contributed by atoms with van der Waals surface area (Å²) in [6, 6.07) is 14.5. The Kier molecular flexibility index (Phi) is 4.33. The molecule has 2 aromatic heterocycles. The highest BCUT2D eigenvalue weighted by atomic mass is 16.3. The fourth-order valence-corrected chi connectivity index (χ4v) is 1.98. The van der Waals surface area contributed by atoms with Crippen molar-refractivity contribution in [2.24, 2.45) is 0 Å². The Morgan fingerprint density at radius 2 is 1.78 bits per heavy atom. The van der Waals surface area contributed by atoms with Crippen LogP contribution < -0.4 is 10.6 Å². The second-order valence-electron chi connectivity index (χ2n) is 5.06. The van der Waals surface area contributed by atoms with Crippen LogP contribution in [-0.4, -0.2) is 16.1 Å². The van der Waals surface area contributed by atoms with Crippen molar-refractivity contribution in [3.63, 3.8) is 0 Å². The molecule has 0 fully saturated rings. The van der Waals surface area contributed by atoms with Gasteiger partial charge in [-0.15, -0.1) is 10.2 Å². The number of aromatic nitrogens is 2. The normalized spacial score (nSPS) is 10.3. The third kappa shape index (κ3) is 3.94. The highest BCUT2D eigenvalue weighted by Crippen LogP contribution is 2.10. The molecule has 0 saturated heterocycles. The SMILES string of the molecule is Cc1ccc(C(=O)Nc2ccc(NCc3ccco3)nn2)cc1. The van der Waals surface area contributed by atoms with Gasteiger partial charge in [0.25, 0.3) is 5.91 Å². The average molecular weight is 308 g/mol. The Hall–Kier alpha value is -3.15.